The van der Waals surface area contributed by atoms with Crippen molar-refractivity contribution in [2.75, 3.05) is 4.90 Å². The standard InChI is InChI=1S/C55H33NSSi/c1-7-21-43-35(15-1)36-16-2-8-22-44(36)55(43)45-23-9-10-24-47(45)56(48-32-42-37-17-3-11-25-49(37)57-50(42)33-46(48)55)34-29-30-41-40-20-6-14-28-53(40)58(54(41)31-34)51-26-12-4-18-38(51)39-19-5-13-27-52(39)58/h1-33H. The van der Waals surface area contributed by atoms with Crippen LogP contribution in [0, 0.1) is 0 Å². The molecule has 3 heteroatoms. The quantitative estimate of drug-likeness (QED) is 0.150. The molecule has 58 heavy (non-hydrogen) atoms. The average molecular weight is 768 g/mol. The molecule has 10 aromatic rings. The van der Waals surface area contributed by atoms with Gasteiger partial charge in [0, 0.05) is 25.9 Å². The molecule has 1 nitrogen and oxygen atoms in total. The summed E-state index contributed by atoms with van der Waals surface area (Å²) in [7, 11) is -2.65. The Morgan fingerprint density at radius 1 is 0.345 bits per heavy atom. The third-order valence-corrected chi connectivity index (χ3v) is 20.0. The van der Waals surface area contributed by atoms with Crippen molar-refractivity contribution in [1.82, 2.24) is 0 Å². The number of rotatable bonds is 1. The zero-order chi connectivity index (χ0) is 37.7. The van der Waals surface area contributed by atoms with E-state index in [0.717, 1.165) is 0 Å². The Morgan fingerprint density at radius 3 is 1.52 bits per heavy atom. The molecular formula is C55H33NSSi. The van der Waals surface area contributed by atoms with Crippen LogP contribution in [-0.2, 0) is 5.41 Å². The topological polar surface area (TPSA) is 3.24 Å². The first kappa shape index (κ1) is 31.3. The maximum Gasteiger partial charge on any atom is 0.182 e. The summed E-state index contributed by atoms with van der Waals surface area (Å²) in [5.41, 5.74) is 16.8. The maximum atomic E-state index is 2.61. The minimum Gasteiger partial charge on any atom is -0.310 e. The lowest BCUT2D eigenvalue weighted by molar-refractivity contribution is 0.754. The first-order chi connectivity index (χ1) is 28.8. The Morgan fingerprint density at radius 2 is 0.862 bits per heavy atom. The molecule has 0 bridgehead atoms. The molecular weight excluding hydrogens is 735 g/mol. The highest BCUT2D eigenvalue weighted by atomic mass is 32.1. The van der Waals surface area contributed by atoms with Crippen molar-refractivity contribution in [3.05, 3.63) is 222 Å². The van der Waals surface area contributed by atoms with Crippen LogP contribution >= 0.6 is 11.3 Å². The van der Waals surface area contributed by atoms with Gasteiger partial charge in [-0.2, -0.15) is 0 Å². The van der Waals surface area contributed by atoms with Gasteiger partial charge in [0.05, 0.1) is 16.8 Å². The van der Waals surface area contributed by atoms with Gasteiger partial charge in [-0.1, -0.05) is 164 Å². The molecule has 0 amide bonds. The van der Waals surface area contributed by atoms with Crippen LogP contribution < -0.4 is 25.6 Å². The molecule has 0 fully saturated rings. The molecule has 0 atom stereocenters. The Kier molecular flexibility index (Phi) is 5.93. The smallest absolute Gasteiger partial charge is 0.182 e. The molecule has 4 aliphatic rings. The van der Waals surface area contributed by atoms with E-state index in [2.05, 4.69) is 205 Å². The minimum absolute atomic E-state index is 0.480. The number of para-hydroxylation sites is 1. The molecule has 9 aromatic carbocycles. The van der Waals surface area contributed by atoms with Gasteiger partial charge >= 0.3 is 0 Å². The number of fused-ring (bicyclic) bond motifs is 22. The molecule has 1 aromatic heterocycles. The minimum atomic E-state index is -2.65. The van der Waals surface area contributed by atoms with Crippen LogP contribution in [0.3, 0.4) is 0 Å². The van der Waals surface area contributed by atoms with Crippen LogP contribution in [0.5, 0.6) is 0 Å². The monoisotopic (exact) mass is 767 g/mol. The van der Waals surface area contributed by atoms with Gasteiger partial charge in [0.15, 0.2) is 8.07 Å². The summed E-state index contributed by atoms with van der Waals surface area (Å²) in [6.07, 6.45) is 0. The van der Waals surface area contributed by atoms with Gasteiger partial charge in [0.25, 0.3) is 0 Å². The lowest BCUT2D eigenvalue weighted by Gasteiger charge is -2.45. The second-order valence-electron chi connectivity index (χ2n) is 16.3. The fourth-order valence-corrected chi connectivity index (χ4v) is 18.6. The van der Waals surface area contributed by atoms with E-state index in [4.69, 9.17) is 0 Å². The highest BCUT2D eigenvalue weighted by Crippen LogP contribution is 2.64. The molecule has 0 unspecified atom stereocenters. The van der Waals surface area contributed by atoms with Crippen molar-refractivity contribution in [2.24, 2.45) is 0 Å². The Bertz CT molecular complexity index is 3340. The third-order valence-electron chi connectivity index (χ3n) is 13.9. The second kappa shape index (κ2) is 11.0. The Balaban J connectivity index is 1.11. The van der Waals surface area contributed by atoms with E-state index >= 15 is 0 Å². The van der Waals surface area contributed by atoms with E-state index in [1.165, 1.54) is 114 Å². The van der Waals surface area contributed by atoms with Gasteiger partial charge in [-0.3, -0.25) is 0 Å². The van der Waals surface area contributed by atoms with Crippen LogP contribution in [0.25, 0.3) is 53.6 Å². The molecule has 14 rings (SSSR count). The van der Waals surface area contributed by atoms with Crippen LogP contribution in [-0.4, -0.2) is 8.07 Å². The molecule has 3 aliphatic heterocycles. The van der Waals surface area contributed by atoms with Gasteiger partial charge in [-0.05, 0) is 113 Å². The normalized spacial score (nSPS) is 15.1. The highest BCUT2D eigenvalue weighted by Gasteiger charge is 2.55. The largest absolute Gasteiger partial charge is 0.310 e. The Labute approximate surface area is 341 Å². The van der Waals surface area contributed by atoms with E-state index in [1.54, 1.807) is 0 Å². The molecule has 0 N–H and O–H groups in total. The highest BCUT2D eigenvalue weighted by molar-refractivity contribution is 7.26. The van der Waals surface area contributed by atoms with Gasteiger partial charge < -0.3 is 4.90 Å². The fraction of sp³-hybridized carbons (Fsp3) is 0.0182. The van der Waals surface area contributed by atoms with E-state index in [1.807, 2.05) is 11.3 Å². The van der Waals surface area contributed by atoms with Crippen LogP contribution in [0.2, 0.25) is 0 Å². The molecule has 4 heterocycles. The molecule has 1 aliphatic carbocycles. The SMILES string of the molecule is c1ccc2c(c1)-c1ccccc1C21c2ccccc2N(c2ccc3c(c2)[Si]2(c4ccccc4-c4ccccc42)c2ccccc2-3)c2cc3c(cc21)sc1ccccc13. The number of hydrogen-bond donors (Lipinski definition) is 0. The number of anilines is 3. The van der Waals surface area contributed by atoms with Crippen LogP contribution in [0.1, 0.15) is 22.3 Å². The van der Waals surface area contributed by atoms with Gasteiger partial charge in [-0.25, -0.2) is 0 Å². The summed E-state index contributed by atoms with van der Waals surface area (Å²) in [4.78, 5) is 2.61. The van der Waals surface area contributed by atoms with Crippen molar-refractivity contribution in [3.63, 3.8) is 0 Å². The van der Waals surface area contributed by atoms with Crippen molar-refractivity contribution in [1.29, 1.82) is 0 Å². The zero-order valence-electron chi connectivity index (χ0n) is 31.4. The van der Waals surface area contributed by atoms with Crippen molar-refractivity contribution >= 4 is 77.4 Å². The van der Waals surface area contributed by atoms with E-state index in [0.29, 0.717) is 0 Å². The first-order valence-corrected chi connectivity index (χ1v) is 23.1. The molecule has 268 valence electrons. The average Bonchev–Trinajstić information content (AvgIpc) is 3.99. The van der Waals surface area contributed by atoms with Crippen molar-refractivity contribution < 1.29 is 0 Å². The lowest BCUT2D eigenvalue weighted by Crippen LogP contribution is -2.70. The summed E-state index contributed by atoms with van der Waals surface area (Å²) in [5.74, 6) is 0. The maximum absolute atomic E-state index is 2.65. The Hall–Kier alpha value is -6.78. The molecule has 0 saturated carbocycles. The van der Waals surface area contributed by atoms with Crippen LogP contribution in [0.15, 0.2) is 200 Å². The van der Waals surface area contributed by atoms with E-state index < -0.39 is 13.5 Å². The van der Waals surface area contributed by atoms with E-state index in [-0.39, 0.29) is 0 Å². The third kappa shape index (κ3) is 3.56. The predicted molar refractivity (Wildman–Crippen MR) is 246 cm³/mol. The predicted octanol–water partition coefficient (Wildman–Crippen LogP) is 11.5. The lowest BCUT2D eigenvalue weighted by atomic mass is 9.64. The van der Waals surface area contributed by atoms with Crippen molar-refractivity contribution in [2.45, 2.75) is 5.41 Å². The van der Waals surface area contributed by atoms with Crippen molar-refractivity contribution in [3.8, 4) is 33.4 Å². The summed E-state index contributed by atoms with van der Waals surface area (Å²) in [5, 5.41) is 8.63. The van der Waals surface area contributed by atoms with Gasteiger partial charge in [0.2, 0.25) is 0 Å². The fourth-order valence-electron chi connectivity index (χ4n) is 11.8. The van der Waals surface area contributed by atoms with Gasteiger partial charge in [0.1, 0.15) is 0 Å². The van der Waals surface area contributed by atoms with Gasteiger partial charge in [-0.15, -0.1) is 11.3 Å². The second-order valence-corrected chi connectivity index (χ2v) is 21.0. The first-order valence-electron chi connectivity index (χ1n) is 20.3. The summed E-state index contributed by atoms with van der Waals surface area (Å²) < 4.78 is 2.66. The van der Waals surface area contributed by atoms with Crippen LogP contribution in [0.4, 0.5) is 17.1 Å². The molecule has 2 spiro atoms. The number of thiophene rings is 1. The summed E-state index contributed by atoms with van der Waals surface area (Å²) in [6, 6.07) is 76.8. The number of nitrogens with zero attached hydrogens (tertiary/aromatic N) is 1. The number of benzene rings is 9. The molecule has 0 radical (unpaired) electrons. The molecule has 0 saturated heterocycles. The summed E-state index contributed by atoms with van der Waals surface area (Å²) in [6.45, 7) is 0. The van der Waals surface area contributed by atoms with E-state index in [9.17, 15) is 0 Å². The summed E-state index contributed by atoms with van der Waals surface area (Å²) >= 11 is 1.91. The number of hydrogen-bond acceptors (Lipinski definition) is 2. The zero-order valence-corrected chi connectivity index (χ0v) is 33.2.